The molecule has 0 spiro atoms. The number of unbranched alkanes of at least 4 members (excludes halogenated alkanes) is 2. The molecule has 0 radical (unpaired) electrons. The Morgan fingerprint density at radius 3 is 2.87 bits per heavy atom. The van der Waals surface area contributed by atoms with E-state index < -0.39 is 0 Å². The summed E-state index contributed by atoms with van der Waals surface area (Å²) < 4.78 is 0. The van der Waals surface area contributed by atoms with E-state index in [9.17, 15) is 4.79 Å². The Hall–Kier alpha value is -0.610. The SMILES string of the molecule is CN1CCC(NC(=O)CCCCCN)C1. The van der Waals surface area contributed by atoms with Gasteiger partial charge < -0.3 is 16.0 Å². The number of amides is 1. The molecule has 15 heavy (non-hydrogen) atoms. The molecule has 1 heterocycles. The van der Waals surface area contributed by atoms with Crippen LogP contribution in [-0.4, -0.2) is 43.5 Å². The van der Waals surface area contributed by atoms with Gasteiger partial charge in [-0.15, -0.1) is 0 Å². The van der Waals surface area contributed by atoms with E-state index >= 15 is 0 Å². The van der Waals surface area contributed by atoms with Gasteiger partial charge in [-0.05, 0) is 39.4 Å². The predicted octanol–water partition coefficient (Wildman–Crippen LogP) is 0.326. The number of carbonyl (C=O) groups excluding carboxylic acids is 1. The number of hydrogen-bond acceptors (Lipinski definition) is 3. The topological polar surface area (TPSA) is 58.4 Å². The smallest absolute Gasteiger partial charge is 0.220 e. The summed E-state index contributed by atoms with van der Waals surface area (Å²) in [6.45, 7) is 2.82. The summed E-state index contributed by atoms with van der Waals surface area (Å²) in [7, 11) is 2.09. The van der Waals surface area contributed by atoms with Gasteiger partial charge in [-0.3, -0.25) is 4.79 Å². The molecule has 0 bridgehead atoms. The summed E-state index contributed by atoms with van der Waals surface area (Å²) >= 11 is 0. The second kappa shape index (κ2) is 6.80. The molecule has 0 aromatic rings. The molecule has 1 aliphatic heterocycles. The van der Waals surface area contributed by atoms with Crippen LogP contribution in [0.2, 0.25) is 0 Å². The molecule has 0 saturated carbocycles. The minimum Gasteiger partial charge on any atom is -0.352 e. The Bertz CT molecular complexity index is 196. The molecule has 4 heteroatoms. The third-order valence-electron chi connectivity index (χ3n) is 2.86. The zero-order chi connectivity index (χ0) is 11.1. The first-order valence-corrected chi connectivity index (χ1v) is 5.90. The van der Waals surface area contributed by atoms with Crippen LogP contribution in [0, 0.1) is 0 Å². The van der Waals surface area contributed by atoms with Crippen molar-refractivity contribution in [2.45, 2.75) is 38.1 Å². The zero-order valence-corrected chi connectivity index (χ0v) is 9.67. The molecule has 1 unspecified atom stereocenters. The standard InChI is InChI=1S/C11H23N3O/c1-14-8-6-10(9-14)13-11(15)5-3-2-4-7-12/h10H,2-9,12H2,1H3,(H,13,15). The summed E-state index contributed by atoms with van der Waals surface area (Å²) in [5.74, 6) is 0.201. The number of carbonyl (C=O) groups is 1. The highest BCUT2D eigenvalue weighted by molar-refractivity contribution is 5.76. The predicted molar refractivity (Wildman–Crippen MR) is 61.6 cm³/mol. The Morgan fingerprint density at radius 1 is 1.47 bits per heavy atom. The van der Waals surface area contributed by atoms with Gasteiger partial charge in [-0.25, -0.2) is 0 Å². The van der Waals surface area contributed by atoms with Crippen LogP contribution < -0.4 is 11.1 Å². The number of likely N-dealkylation sites (N-methyl/N-ethyl adjacent to an activating group) is 1. The largest absolute Gasteiger partial charge is 0.352 e. The first-order chi connectivity index (χ1) is 7.22. The molecule has 4 nitrogen and oxygen atoms in total. The fourth-order valence-electron chi connectivity index (χ4n) is 1.96. The Labute approximate surface area is 92.2 Å². The lowest BCUT2D eigenvalue weighted by atomic mass is 10.1. The maximum absolute atomic E-state index is 11.5. The molecule has 1 atom stereocenters. The highest BCUT2D eigenvalue weighted by Crippen LogP contribution is 2.07. The van der Waals surface area contributed by atoms with Gasteiger partial charge in [0, 0.05) is 19.0 Å². The van der Waals surface area contributed by atoms with Crippen molar-refractivity contribution in [1.82, 2.24) is 10.2 Å². The van der Waals surface area contributed by atoms with E-state index in [2.05, 4.69) is 17.3 Å². The molecule has 0 aromatic carbocycles. The third-order valence-corrected chi connectivity index (χ3v) is 2.86. The van der Waals surface area contributed by atoms with Crippen LogP contribution in [0.5, 0.6) is 0 Å². The minimum absolute atomic E-state index is 0.201. The minimum atomic E-state index is 0.201. The molecule has 0 aromatic heterocycles. The molecule has 88 valence electrons. The second-order valence-electron chi connectivity index (χ2n) is 4.41. The van der Waals surface area contributed by atoms with Crippen LogP contribution in [0.3, 0.4) is 0 Å². The van der Waals surface area contributed by atoms with Gasteiger partial charge in [-0.2, -0.15) is 0 Å². The van der Waals surface area contributed by atoms with Crippen molar-refractivity contribution in [3.8, 4) is 0 Å². The average Bonchev–Trinajstić information content (AvgIpc) is 2.59. The van der Waals surface area contributed by atoms with Gasteiger partial charge in [0.2, 0.25) is 5.91 Å². The number of likely N-dealkylation sites (tertiary alicyclic amines) is 1. The maximum atomic E-state index is 11.5. The van der Waals surface area contributed by atoms with Crippen molar-refractivity contribution in [2.75, 3.05) is 26.7 Å². The van der Waals surface area contributed by atoms with Crippen molar-refractivity contribution in [3.63, 3.8) is 0 Å². The lowest BCUT2D eigenvalue weighted by molar-refractivity contribution is -0.121. The van der Waals surface area contributed by atoms with Crippen LogP contribution in [0.1, 0.15) is 32.1 Å². The van der Waals surface area contributed by atoms with Crippen molar-refractivity contribution in [2.24, 2.45) is 5.73 Å². The van der Waals surface area contributed by atoms with E-state index in [0.29, 0.717) is 12.5 Å². The fourth-order valence-corrected chi connectivity index (χ4v) is 1.96. The van der Waals surface area contributed by atoms with Crippen LogP contribution in [0.4, 0.5) is 0 Å². The second-order valence-corrected chi connectivity index (χ2v) is 4.41. The molecule has 1 saturated heterocycles. The normalized spacial score (nSPS) is 21.9. The maximum Gasteiger partial charge on any atom is 0.220 e. The molecule has 0 aliphatic carbocycles. The van der Waals surface area contributed by atoms with Crippen LogP contribution in [0.15, 0.2) is 0 Å². The van der Waals surface area contributed by atoms with Gasteiger partial charge >= 0.3 is 0 Å². The Kier molecular flexibility index (Phi) is 5.65. The molecule has 1 fully saturated rings. The molecular weight excluding hydrogens is 190 g/mol. The van der Waals surface area contributed by atoms with Gasteiger partial charge in [0.25, 0.3) is 0 Å². The molecule has 3 N–H and O–H groups in total. The number of nitrogens with two attached hydrogens (primary N) is 1. The van der Waals surface area contributed by atoms with Gasteiger partial charge in [0.15, 0.2) is 0 Å². The Balaban J connectivity index is 2.03. The summed E-state index contributed by atoms with van der Waals surface area (Å²) in [4.78, 5) is 13.8. The van der Waals surface area contributed by atoms with Crippen LogP contribution >= 0.6 is 0 Å². The quantitative estimate of drug-likeness (QED) is 0.625. The van der Waals surface area contributed by atoms with E-state index in [1.54, 1.807) is 0 Å². The van der Waals surface area contributed by atoms with Crippen LogP contribution in [-0.2, 0) is 4.79 Å². The van der Waals surface area contributed by atoms with Crippen molar-refractivity contribution < 1.29 is 4.79 Å². The highest BCUT2D eigenvalue weighted by atomic mass is 16.1. The number of nitrogens with one attached hydrogen (secondary N) is 1. The lowest BCUT2D eigenvalue weighted by Crippen LogP contribution is -2.36. The number of rotatable bonds is 6. The van der Waals surface area contributed by atoms with Gasteiger partial charge in [0.1, 0.15) is 0 Å². The number of nitrogens with zero attached hydrogens (tertiary/aromatic N) is 1. The first-order valence-electron chi connectivity index (χ1n) is 5.90. The summed E-state index contributed by atoms with van der Waals surface area (Å²) in [5.41, 5.74) is 5.39. The van der Waals surface area contributed by atoms with E-state index in [1.165, 1.54) is 0 Å². The average molecular weight is 213 g/mol. The van der Waals surface area contributed by atoms with Gasteiger partial charge in [-0.1, -0.05) is 6.42 Å². The zero-order valence-electron chi connectivity index (χ0n) is 9.67. The summed E-state index contributed by atoms with van der Waals surface area (Å²) in [6.07, 6.45) is 4.80. The van der Waals surface area contributed by atoms with E-state index in [0.717, 1.165) is 45.3 Å². The highest BCUT2D eigenvalue weighted by Gasteiger charge is 2.20. The van der Waals surface area contributed by atoms with E-state index in [1.807, 2.05) is 0 Å². The lowest BCUT2D eigenvalue weighted by Gasteiger charge is -2.12. The van der Waals surface area contributed by atoms with Crippen molar-refractivity contribution in [1.29, 1.82) is 0 Å². The molecule has 1 amide bonds. The summed E-state index contributed by atoms with van der Waals surface area (Å²) in [5, 5.41) is 3.07. The fraction of sp³-hybridized carbons (Fsp3) is 0.909. The summed E-state index contributed by atoms with van der Waals surface area (Å²) in [6, 6.07) is 0.372. The first kappa shape index (κ1) is 12.5. The van der Waals surface area contributed by atoms with Crippen LogP contribution in [0.25, 0.3) is 0 Å². The van der Waals surface area contributed by atoms with E-state index in [-0.39, 0.29) is 5.91 Å². The third kappa shape index (κ3) is 5.14. The monoisotopic (exact) mass is 213 g/mol. The molecule has 1 rings (SSSR count). The van der Waals surface area contributed by atoms with Crippen molar-refractivity contribution in [3.05, 3.63) is 0 Å². The van der Waals surface area contributed by atoms with Gasteiger partial charge in [0.05, 0.1) is 0 Å². The molecular formula is C11H23N3O. The molecule has 1 aliphatic rings. The van der Waals surface area contributed by atoms with E-state index in [4.69, 9.17) is 5.73 Å². The van der Waals surface area contributed by atoms with Crippen molar-refractivity contribution >= 4 is 5.91 Å². The Morgan fingerprint density at radius 2 is 2.27 bits per heavy atom. The number of hydrogen-bond donors (Lipinski definition) is 2.